The number of nitrogens with one attached hydrogen (secondary N) is 3. The third-order valence-corrected chi connectivity index (χ3v) is 24.9. The Kier molecular flexibility index (Phi) is 76.8. The molecule has 138 heavy (non-hydrogen) atoms. The van der Waals surface area contributed by atoms with E-state index in [2.05, 4.69) is 65.2 Å². The number of piperazine rings is 1. The van der Waals surface area contributed by atoms with E-state index >= 15 is 0 Å². The van der Waals surface area contributed by atoms with Gasteiger partial charge in [0, 0.05) is 207 Å². The number of piperidine rings is 5. The maximum Gasteiger partial charge on any atom is 0.308 e. The van der Waals surface area contributed by atoms with E-state index in [1.165, 1.54) is 122 Å². The van der Waals surface area contributed by atoms with E-state index in [0.29, 0.717) is 93.8 Å². The fourth-order valence-corrected chi connectivity index (χ4v) is 15.5. The van der Waals surface area contributed by atoms with Crippen LogP contribution >= 0.6 is 0 Å². The van der Waals surface area contributed by atoms with Crippen LogP contribution in [0.2, 0.25) is 0 Å². The summed E-state index contributed by atoms with van der Waals surface area (Å²) in [6.07, 6.45) is 25.3. The van der Waals surface area contributed by atoms with Gasteiger partial charge in [0.2, 0.25) is 70.9 Å². The van der Waals surface area contributed by atoms with Crippen LogP contribution in [0.3, 0.4) is 0 Å². The van der Waals surface area contributed by atoms with E-state index in [9.17, 15) is 62.3 Å². The SMILES string of the molecule is CC(C)C(=O)N1CCC(C(N)=O)CC1.CC(C)C(=O)N1CCCC1.CC(C)C(=O)N1CCCCC1.CC(C)C(=O)N1CCN(C)CC1.CC(C)C(=O)N1CCOCC1.CC(C)C(=O)NC1CCCCC1.CC(C)C(=O)NCC1CCCO1.CC(C)C(N)=O.CC(C)N1CCCCC1.CC(C)NC(=O)C(C)C.CC1CCCN(C(=O)C(C)C)C1.CC1CCN(C(=O)C(C)C)CC1.CCOC(=O)C(C)C. The lowest BCUT2D eigenvalue weighted by atomic mass is 9.95. The largest absolute Gasteiger partial charge is 0.466 e. The van der Waals surface area contributed by atoms with Crippen LogP contribution in [-0.2, 0) is 76.5 Å². The molecule has 30 heteroatoms. The molecule has 7 N–H and O–H groups in total. The molecular formula is C108H210N14O16. The molecule has 9 aliphatic heterocycles. The third kappa shape index (κ3) is 65.9. The second-order valence-corrected chi connectivity index (χ2v) is 43.1. The van der Waals surface area contributed by atoms with E-state index in [4.69, 9.17) is 20.9 Å². The molecule has 808 valence electrons. The molecule has 9 heterocycles. The van der Waals surface area contributed by atoms with Crippen LogP contribution in [0, 0.1) is 88.8 Å². The Balaban J connectivity index is -0.00000144. The normalized spacial score (nSPS) is 18.8. The number of rotatable bonds is 19. The smallest absolute Gasteiger partial charge is 0.308 e. The van der Waals surface area contributed by atoms with Crippen molar-refractivity contribution in [1.29, 1.82) is 0 Å². The first-order valence-electron chi connectivity index (χ1n) is 53.8. The van der Waals surface area contributed by atoms with Crippen molar-refractivity contribution in [2.24, 2.45) is 100 Å². The van der Waals surface area contributed by atoms with E-state index < -0.39 is 0 Å². The summed E-state index contributed by atoms with van der Waals surface area (Å²) in [5.41, 5.74) is 10.0. The second-order valence-electron chi connectivity index (χ2n) is 43.1. The Bertz CT molecular complexity index is 3200. The average Bonchev–Trinajstić information content (AvgIpc) is 1.35. The Morgan fingerprint density at radius 1 is 0.333 bits per heavy atom. The van der Waals surface area contributed by atoms with Gasteiger partial charge in [-0.15, -0.1) is 0 Å². The maximum absolute atomic E-state index is 11.6. The number of amides is 12. The predicted molar refractivity (Wildman–Crippen MR) is 561 cm³/mol. The van der Waals surface area contributed by atoms with Gasteiger partial charge in [0.1, 0.15) is 0 Å². The number of primary amides is 2. The number of hydrogen-bond donors (Lipinski definition) is 5. The monoisotopic (exact) mass is 1960 g/mol. The highest BCUT2D eigenvalue weighted by Gasteiger charge is 2.30. The molecule has 0 aromatic rings. The molecule has 2 atom stereocenters. The topological polar surface area (TPSA) is 367 Å². The van der Waals surface area contributed by atoms with Crippen molar-refractivity contribution in [3.63, 3.8) is 0 Å². The summed E-state index contributed by atoms with van der Waals surface area (Å²) in [5.74, 6) is 4.62. The molecule has 30 nitrogen and oxygen atoms in total. The standard InChI is InChI=1S/C10H18N2O2.3C10H19NO.C9H18N2O.C9H17NO2.C9H17NO.C8H15NO2.C8H15NO.C8H17N.C7H15NO.C6H12O2.C4H9NO/c1-7(2)10(14)12-5-3-8(4-6-12)9(11)13;1-8(2)10(12)11-6-4-9(3)5-7-11;1-8(2)10(12)11-6-4-5-9(3)7-11;1-8(2)10(12)11-9-6-4-3-5-7-9;1-8(2)9(12)11-6-4-10(3)5-7-11;1-7(2)9(11)10-6-8-4-3-5-12-8;1-8(2)9(11)10-6-4-3-5-7-10;1-7(2)8(10)9-3-5-11-6-4-9;1-7(2)8(10)9-5-3-4-6-9;1-8(2)9-6-4-3-5-7-9;1-5(2)7(9)8-6(3)4;1-4-8-6(7)5(2)3;1-3(2)4(5)6/h7-8H,3-6H2,1-2H3,(H2,11,13);2*8-9H,4-7H2,1-3H3;8-9H,3-7H2,1-2H3,(H,11,12);8H,4-7H2,1-3H3;7-8H,3-6H2,1-2H3,(H,10,11);8H,3-7H2,1-2H3;7H,3-6H2,1-2H3;7H,3-6H2,1-2H3;8H,3-7H2,1-2H3;5-6H,1-4H3,(H,8,9);5H,4H2,1-3H3;3H,1-2H3,(H2,5,6). The van der Waals surface area contributed by atoms with Crippen molar-refractivity contribution < 1.29 is 76.5 Å². The van der Waals surface area contributed by atoms with E-state index in [1.54, 1.807) is 20.8 Å². The van der Waals surface area contributed by atoms with Gasteiger partial charge >= 0.3 is 5.97 Å². The van der Waals surface area contributed by atoms with Crippen LogP contribution in [-0.4, -0.2) is 303 Å². The number of carbonyl (C=O) groups is 13. The fourth-order valence-electron chi connectivity index (χ4n) is 15.5. The first kappa shape index (κ1) is 135. The first-order chi connectivity index (χ1) is 64.6. The summed E-state index contributed by atoms with van der Waals surface area (Å²) < 4.78 is 15.2. The molecule has 0 aromatic carbocycles. The minimum atomic E-state index is -0.241. The Morgan fingerprint density at radius 2 is 0.681 bits per heavy atom. The highest BCUT2D eigenvalue weighted by atomic mass is 16.5. The van der Waals surface area contributed by atoms with Crippen molar-refractivity contribution in [3.8, 4) is 0 Å². The van der Waals surface area contributed by atoms with Crippen molar-refractivity contribution in [2.45, 2.75) is 374 Å². The molecule has 10 aliphatic rings. The van der Waals surface area contributed by atoms with E-state index in [1.807, 2.05) is 200 Å². The second kappa shape index (κ2) is 78.5. The molecular weight excluding hydrogens is 1750 g/mol. The lowest BCUT2D eigenvalue weighted by Crippen LogP contribution is -2.48. The molecule has 9 saturated heterocycles. The van der Waals surface area contributed by atoms with Gasteiger partial charge in [0.25, 0.3) is 0 Å². The Labute approximate surface area is 840 Å². The quantitative estimate of drug-likeness (QED) is 0.0750. The summed E-state index contributed by atoms with van der Waals surface area (Å²) in [5, 5.41) is 8.74. The number of nitrogens with zero attached hydrogens (tertiary/aromatic N) is 9. The molecule has 2 unspecified atom stereocenters. The van der Waals surface area contributed by atoms with Gasteiger partial charge in [0.05, 0.1) is 31.8 Å². The average molecular weight is 1960 g/mol. The molecule has 12 amide bonds. The van der Waals surface area contributed by atoms with Crippen LogP contribution in [0.25, 0.3) is 0 Å². The zero-order valence-electron chi connectivity index (χ0n) is 93.8. The number of esters is 1. The van der Waals surface area contributed by atoms with Crippen LogP contribution in [0.15, 0.2) is 0 Å². The van der Waals surface area contributed by atoms with Gasteiger partial charge in [-0.3, -0.25) is 62.3 Å². The van der Waals surface area contributed by atoms with Crippen molar-refractivity contribution in [3.05, 3.63) is 0 Å². The van der Waals surface area contributed by atoms with Crippen molar-refractivity contribution in [1.82, 2.24) is 60.0 Å². The number of hydrogen-bond acceptors (Lipinski definition) is 18. The number of likely N-dealkylation sites (tertiary alicyclic amines) is 6. The molecule has 0 aromatic heterocycles. The number of likely N-dealkylation sites (N-methyl/N-ethyl adjacent to an activating group) is 1. The van der Waals surface area contributed by atoms with Crippen LogP contribution in [0.5, 0.6) is 0 Å². The zero-order chi connectivity index (χ0) is 106. The number of carbonyl (C=O) groups excluding carboxylic acids is 13. The Morgan fingerprint density at radius 3 is 0.993 bits per heavy atom. The van der Waals surface area contributed by atoms with Crippen molar-refractivity contribution in [2.75, 3.05) is 158 Å². The molecule has 0 spiro atoms. The molecule has 0 bridgehead atoms. The van der Waals surface area contributed by atoms with Gasteiger partial charge in [-0.25, -0.2) is 0 Å². The maximum atomic E-state index is 11.6. The van der Waals surface area contributed by atoms with Crippen LogP contribution < -0.4 is 27.4 Å². The summed E-state index contributed by atoms with van der Waals surface area (Å²) in [6.45, 7) is 81.2. The highest BCUT2D eigenvalue weighted by molar-refractivity contribution is 5.83. The highest BCUT2D eigenvalue weighted by Crippen LogP contribution is 2.23. The zero-order valence-corrected chi connectivity index (χ0v) is 93.8. The van der Waals surface area contributed by atoms with Gasteiger partial charge in [-0.2, -0.15) is 0 Å². The lowest BCUT2D eigenvalue weighted by Gasteiger charge is -2.33. The third-order valence-electron chi connectivity index (χ3n) is 24.9. The van der Waals surface area contributed by atoms with Gasteiger partial charge in [-0.05, 0) is 176 Å². The van der Waals surface area contributed by atoms with Gasteiger partial charge < -0.3 is 85.7 Å². The fraction of sp³-hybridized carbons (Fsp3) is 0.880. The van der Waals surface area contributed by atoms with Crippen molar-refractivity contribution >= 4 is 76.9 Å². The van der Waals surface area contributed by atoms with Crippen LogP contribution in [0.1, 0.15) is 349 Å². The summed E-state index contributed by atoms with van der Waals surface area (Å²) in [7, 11) is 2.09. The first-order valence-corrected chi connectivity index (χ1v) is 53.8. The van der Waals surface area contributed by atoms with Gasteiger partial charge in [-0.1, -0.05) is 206 Å². The number of ether oxygens (including phenoxy) is 3. The van der Waals surface area contributed by atoms with E-state index in [-0.39, 0.29) is 136 Å². The van der Waals surface area contributed by atoms with E-state index in [0.717, 1.165) is 123 Å². The molecule has 10 fully saturated rings. The Hall–Kier alpha value is -7.05. The van der Waals surface area contributed by atoms with Crippen LogP contribution in [0.4, 0.5) is 0 Å². The predicted octanol–water partition coefficient (Wildman–Crippen LogP) is 15.4. The molecule has 0 radical (unpaired) electrons. The number of nitrogens with two attached hydrogens (primary N) is 2. The lowest BCUT2D eigenvalue weighted by molar-refractivity contribution is -0.147. The van der Waals surface area contributed by atoms with Gasteiger partial charge in [0.15, 0.2) is 0 Å². The summed E-state index contributed by atoms with van der Waals surface area (Å²) >= 11 is 0. The number of morpholine rings is 1. The summed E-state index contributed by atoms with van der Waals surface area (Å²) in [4.78, 5) is 163. The molecule has 1 saturated carbocycles. The minimum absolute atomic E-state index is 0.00921. The minimum Gasteiger partial charge on any atom is -0.466 e. The summed E-state index contributed by atoms with van der Waals surface area (Å²) in [6, 6.07) is 1.50. The molecule has 1 aliphatic carbocycles. The molecule has 10 rings (SSSR count).